The molecule has 0 aliphatic heterocycles. The van der Waals surface area contributed by atoms with Crippen LogP contribution in [0.5, 0.6) is 0 Å². The molecule has 1 N–H and O–H groups in total. The number of H-pyrrole nitrogens is 1. The van der Waals surface area contributed by atoms with Crippen LogP contribution in [-0.2, 0) is 0 Å². The molecule has 4 heteroatoms. The van der Waals surface area contributed by atoms with Crippen LogP contribution in [-0.4, -0.2) is 10.8 Å². The highest BCUT2D eigenvalue weighted by atomic mass is 79.9. The van der Waals surface area contributed by atoms with Crippen molar-refractivity contribution in [1.29, 1.82) is 0 Å². The average Bonchev–Trinajstić information content (AvgIpc) is 2.73. The first-order chi connectivity index (χ1) is 14.0. The second-order valence-corrected chi connectivity index (χ2v) is 7.78. The molecule has 29 heavy (non-hydrogen) atoms. The number of fused-ring (bicyclic) bond motifs is 1. The molecule has 0 saturated heterocycles. The molecule has 0 aliphatic rings. The van der Waals surface area contributed by atoms with Gasteiger partial charge in [0.05, 0.1) is 5.56 Å². The van der Waals surface area contributed by atoms with Crippen molar-refractivity contribution in [2.75, 3.05) is 0 Å². The average molecular weight is 444 g/mol. The van der Waals surface area contributed by atoms with E-state index in [1.807, 2.05) is 79.7 Å². The molecule has 0 atom stereocenters. The summed E-state index contributed by atoms with van der Waals surface area (Å²) in [5.74, 6) is -0.323. The summed E-state index contributed by atoms with van der Waals surface area (Å²) in [6.45, 7) is 1.99. The fourth-order valence-corrected chi connectivity index (χ4v) is 3.64. The summed E-state index contributed by atoms with van der Waals surface area (Å²) in [6, 6.07) is 23.0. The number of carbonyl (C=O) groups is 1. The van der Waals surface area contributed by atoms with E-state index in [1.54, 1.807) is 6.08 Å². The van der Waals surface area contributed by atoms with Crippen LogP contribution in [0, 0.1) is 6.92 Å². The first-order valence-corrected chi connectivity index (χ1v) is 10.0. The van der Waals surface area contributed by atoms with Gasteiger partial charge in [0.1, 0.15) is 0 Å². The number of aromatic amines is 1. The van der Waals surface area contributed by atoms with E-state index in [-0.39, 0.29) is 16.9 Å². The highest BCUT2D eigenvalue weighted by molar-refractivity contribution is 9.10. The monoisotopic (exact) mass is 443 g/mol. The minimum absolute atomic E-state index is 0.155. The molecule has 3 nitrogen and oxygen atoms in total. The number of halogens is 1. The van der Waals surface area contributed by atoms with E-state index in [4.69, 9.17) is 0 Å². The van der Waals surface area contributed by atoms with E-state index in [9.17, 15) is 9.59 Å². The third-order valence-electron chi connectivity index (χ3n) is 4.78. The summed E-state index contributed by atoms with van der Waals surface area (Å²) in [5.41, 5.74) is 3.94. The van der Waals surface area contributed by atoms with Gasteiger partial charge < -0.3 is 4.98 Å². The first kappa shape index (κ1) is 19.1. The molecule has 1 heterocycles. The Morgan fingerprint density at radius 1 is 0.966 bits per heavy atom. The van der Waals surface area contributed by atoms with Crippen LogP contribution < -0.4 is 5.56 Å². The number of benzene rings is 3. The Balaban J connectivity index is 1.91. The normalized spacial score (nSPS) is 11.2. The van der Waals surface area contributed by atoms with Crippen LogP contribution >= 0.6 is 15.9 Å². The Bertz CT molecular complexity index is 1290. The van der Waals surface area contributed by atoms with E-state index in [0.29, 0.717) is 11.1 Å². The number of pyridine rings is 1. The summed E-state index contributed by atoms with van der Waals surface area (Å²) in [4.78, 5) is 28.9. The van der Waals surface area contributed by atoms with Crippen LogP contribution in [0.4, 0.5) is 0 Å². The fourth-order valence-electron chi connectivity index (χ4n) is 3.38. The predicted octanol–water partition coefficient (Wildman–Crippen LogP) is 6.16. The lowest BCUT2D eigenvalue weighted by atomic mass is 9.93. The van der Waals surface area contributed by atoms with Crippen molar-refractivity contribution in [1.82, 2.24) is 4.98 Å². The van der Waals surface area contributed by atoms with Crippen LogP contribution in [0.25, 0.3) is 28.1 Å². The van der Waals surface area contributed by atoms with E-state index in [0.717, 1.165) is 26.5 Å². The van der Waals surface area contributed by atoms with Crippen molar-refractivity contribution in [3.63, 3.8) is 0 Å². The molecule has 0 spiro atoms. The minimum atomic E-state index is -0.384. The molecule has 4 rings (SSSR count). The van der Waals surface area contributed by atoms with E-state index >= 15 is 0 Å². The number of aryl methyl sites for hydroxylation is 1. The smallest absolute Gasteiger partial charge is 0.260 e. The maximum Gasteiger partial charge on any atom is 0.260 e. The van der Waals surface area contributed by atoms with Gasteiger partial charge in [-0.05, 0) is 48.4 Å². The summed E-state index contributed by atoms with van der Waals surface area (Å²) >= 11 is 3.40. The maximum atomic E-state index is 13.1. The standard InChI is InChI=1S/C25H18BrNO2/c1-16-7-13-21-20(15-16)23(18-5-3-2-4-6-18)24(25(29)27-21)22(28)14-10-17-8-11-19(26)12-9-17/h2-15H,1H3,(H,27,29)/b14-10-. The molecular weight excluding hydrogens is 426 g/mol. The number of allylic oxidation sites excluding steroid dienone is 1. The van der Waals surface area contributed by atoms with Crippen LogP contribution in [0.3, 0.4) is 0 Å². The van der Waals surface area contributed by atoms with Crippen LogP contribution in [0.1, 0.15) is 21.5 Å². The van der Waals surface area contributed by atoms with Gasteiger partial charge in [0, 0.05) is 20.9 Å². The molecule has 0 fully saturated rings. The number of nitrogens with one attached hydrogen (secondary N) is 1. The second-order valence-electron chi connectivity index (χ2n) is 6.87. The van der Waals surface area contributed by atoms with Crippen molar-refractivity contribution in [3.8, 4) is 11.1 Å². The SMILES string of the molecule is Cc1ccc2[nH]c(=O)c(C(=O)/C=C\c3ccc(Br)cc3)c(-c3ccccc3)c2c1. The summed E-state index contributed by atoms with van der Waals surface area (Å²) in [6.07, 6.45) is 3.19. The lowest BCUT2D eigenvalue weighted by molar-refractivity contribution is 0.104. The molecule has 0 bridgehead atoms. The number of ketones is 1. The van der Waals surface area contributed by atoms with Gasteiger partial charge >= 0.3 is 0 Å². The minimum Gasteiger partial charge on any atom is -0.321 e. The van der Waals surface area contributed by atoms with E-state index < -0.39 is 0 Å². The Labute approximate surface area is 176 Å². The zero-order chi connectivity index (χ0) is 20.4. The number of hydrogen-bond donors (Lipinski definition) is 1. The van der Waals surface area contributed by atoms with Crippen molar-refractivity contribution >= 4 is 38.7 Å². The van der Waals surface area contributed by atoms with Crippen molar-refractivity contribution in [3.05, 3.63) is 110 Å². The lowest BCUT2D eigenvalue weighted by Gasteiger charge is -2.12. The van der Waals surface area contributed by atoms with E-state index in [2.05, 4.69) is 20.9 Å². The summed E-state index contributed by atoms with van der Waals surface area (Å²) < 4.78 is 0.966. The quantitative estimate of drug-likeness (QED) is 0.303. The molecular formula is C25H18BrNO2. The molecule has 3 aromatic carbocycles. The molecule has 0 amide bonds. The molecule has 142 valence electrons. The van der Waals surface area contributed by atoms with Crippen LogP contribution in [0.2, 0.25) is 0 Å². The molecule has 1 aromatic heterocycles. The van der Waals surface area contributed by atoms with Crippen molar-refractivity contribution in [2.45, 2.75) is 6.92 Å². The summed E-state index contributed by atoms with van der Waals surface area (Å²) in [5, 5.41) is 0.858. The zero-order valence-electron chi connectivity index (χ0n) is 15.8. The molecule has 0 radical (unpaired) electrons. The van der Waals surface area contributed by atoms with Gasteiger partial charge in [-0.1, -0.05) is 76.1 Å². The Morgan fingerprint density at radius 2 is 1.69 bits per heavy atom. The van der Waals surface area contributed by atoms with Gasteiger partial charge in [-0.15, -0.1) is 0 Å². The Hall–Kier alpha value is -3.24. The Kier molecular flexibility index (Phi) is 5.28. The number of hydrogen-bond acceptors (Lipinski definition) is 2. The predicted molar refractivity (Wildman–Crippen MR) is 122 cm³/mol. The summed E-state index contributed by atoms with van der Waals surface area (Å²) in [7, 11) is 0. The lowest BCUT2D eigenvalue weighted by Crippen LogP contribution is -2.18. The van der Waals surface area contributed by atoms with Gasteiger partial charge in [0.15, 0.2) is 5.78 Å². The highest BCUT2D eigenvalue weighted by Crippen LogP contribution is 2.30. The third-order valence-corrected chi connectivity index (χ3v) is 5.30. The third kappa shape index (κ3) is 3.98. The highest BCUT2D eigenvalue weighted by Gasteiger charge is 2.19. The van der Waals surface area contributed by atoms with Gasteiger partial charge in [-0.2, -0.15) is 0 Å². The number of rotatable bonds is 4. The fraction of sp³-hybridized carbons (Fsp3) is 0.0400. The van der Waals surface area contributed by atoms with Crippen LogP contribution in [0.15, 0.2) is 88.1 Å². The molecule has 0 unspecified atom stereocenters. The van der Waals surface area contributed by atoms with E-state index in [1.165, 1.54) is 6.08 Å². The van der Waals surface area contributed by atoms with Crippen molar-refractivity contribution in [2.24, 2.45) is 0 Å². The van der Waals surface area contributed by atoms with Gasteiger partial charge in [0.2, 0.25) is 0 Å². The molecule has 0 aliphatic carbocycles. The second kappa shape index (κ2) is 8.02. The maximum absolute atomic E-state index is 13.1. The number of carbonyl (C=O) groups excluding carboxylic acids is 1. The van der Waals surface area contributed by atoms with Crippen molar-refractivity contribution < 1.29 is 4.79 Å². The van der Waals surface area contributed by atoms with Gasteiger partial charge in [0.25, 0.3) is 5.56 Å². The zero-order valence-corrected chi connectivity index (χ0v) is 17.4. The van der Waals surface area contributed by atoms with Gasteiger partial charge in [-0.3, -0.25) is 9.59 Å². The largest absolute Gasteiger partial charge is 0.321 e. The Morgan fingerprint density at radius 3 is 2.41 bits per heavy atom. The first-order valence-electron chi connectivity index (χ1n) is 9.23. The topological polar surface area (TPSA) is 49.9 Å². The molecule has 4 aromatic rings. The molecule has 0 saturated carbocycles. The van der Waals surface area contributed by atoms with Gasteiger partial charge in [-0.25, -0.2) is 0 Å². The number of aromatic nitrogens is 1.